The van der Waals surface area contributed by atoms with Crippen LogP contribution in [0.3, 0.4) is 0 Å². The van der Waals surface area contributed by atoms with Gasteiger partial charge in [0.2, 0.25) is 0 Å². The zero-order valence-electron chi connectivity index (χ0n) is 7.44. The molecule has 2 heterocycles. The van der Waals surface area contributed by atoms with E-state index < -0.39 is 0 Å². The van der Waals surface area contributed by atoms with E-state index in [1.807, 2.05) is 24.3 Å². The molecular weight excluding hydrogens is 176 g/mol. The third-order valence-corrected chi connectivity index (χ3v) is 2.33. The second-order valence-electron chi connectivity index (χ2n) is 3.23. The van der Waals surface area contributed by atoms with Crippen molar-refractivity contribution in [3.05, 3.63) is 47.3 Å². The van der Waals surface area contributed by atoms with Crippen molar-refractivity contribution in [2.24, 2.45) is 0 Å². The molecule has 0 aliphatic heterocycles. The van der Waals surface area contributed by atoms with E-state index in [0.29, 0.717) is 0 Å². The van der Waals surface area contributed by atoms with Gasteiger partial charge in [-0.2, -0.15) is 0 Å². The summed E-state index contributed by atoms with van der Waals surface area (Å²) in [4.78, 5) is 0. The zero-order valence-corrected chi connectivity index (χ0v) is 7.44. The van der Waals surface area contributed by atoms with Crippen molar-refractivity contribution >= 4 is 24.3 Å². The Kier molecular flexibility index (Phi) is 1.47. The molecule has 0 aromatic carbocycles. The van der Waals surface area contributed by atoms with Gasteiger partial charge in [-0.05, 0) is 0 Å². The Morgan fingerprint density at radius 3 is 1.07 bits per heavy atom. The van der Waals surface area contributed by atoms with Crippen LogP contribution in [-0.2, 0) is 0 Å². The summed E-state index contributed by atoms with van der Waals surface area (Å²) in [5.41, 5.74) is 4.36. The van der Waals surface area contributed by atoms with Gasteiger partial charge in [0.15, 0.2) is 0 Å². The molecule has 0 fully saturated rings. The number of hydrogen-bond acceptors (Lipinski definition) is 2. The average Bonchev–Trinajstić information content (AvgIpc) is 2.75. The number of furan rings is 2. The Hall–Kier alpha value is -1.96. The number of hydrogen-bond donors (Lipinski definition) is 0. The van der Waals surface area contributed by atoms with Crippen LogP contribution < -0.4 is 0 Å². The summed E-state index contributed by atoms with van der Waals surface area (Å²) in [6.07, 6.45) is 15.0. The second kappa shape index (κ2) is 2.77. The van der Waals surface area contributed by atoms with Crippen LogP contribution in [0.1, 0.15) is 22.3 Å². The predicted molar refractivity (Wildman–Crippen MR) is 55.3 cm³/mol. The molecular formula is C12H8O2. The molecule has 0 N–H and O–H groups in total. The van der Waals surface area contributed by atoms with E-state index in [4.69, 9.17) is 8.83 Å². The molecule has 0 saturated carbocycles. The lowest BCUT2D eigenvalue weighted by atomic mass is 10.1. The Balaban J connectivity index is 2.20. The molecule has 2 aromatic heterocycles. The fourth-order valence-corrected chi connectivity index (χ4v) is 1.53. The fourth-order valence-electron chi connectivity index (χ4n) is 1.53. The predicted octanol–water partition coefficient (Wildman–Crippen LogP) is 3.53. The maximum absolute atomic E-state index is 5.13. The highest BCUT2D eigenvalue weighted by Gasteiger charge is 2.05. The summed E-state index contributed by atoms with van der Waals surface area (Å²) < 4.78 is 10.3. The maximum atomic E-state index is 5.13. The van der Waals surface area contributed by atoms with E-state index in [1.165, 1.54) is 0 Å². The van der Waals surface area contributed by atoms with Crippen LogP contribution in [0.25, 0.3) is 24.3 Å². The number of rotatable bonds is 0. The molecule has 3 rings (SSSR count). The Labute approximate surface area is 81.2 Å². The molecule has 0 unspecified atom stereocenters. The first-order valence-corrected chi connectivity index (χ1v) is 4.42. The summed E-state index contributed by atoms with van der Waals surface area (Å²) in [5.74, 6) is 0. The molecule has 0 saturated heterocycles. The SMILES string of the molecule is C1=C\c2cocc2/C=C\c2cocc2/1. The second-order valence-corrected chi connectivity index (χ2v) is 3.23. The van der Waals surface area contributed by atoms with E-state index in [2.05, 4.69) is 0 Å². The lowest BCUT2D eigenvalue weighted by molar-refractivity contribution is 0.565. The summed E-state index contributed by atoms with van der Waals surface area (Å²) in [7, 11) is 0. The molecule has 1 aliphatic rings. The van der Waals surface area contributed by atoms with Crippen LogP contribution in [0.15, 0.2) is 33.9 Å². The largest absolute Gasteiger partial charge is 0.471 e. The first-order chi connectivity index (χ1) is 6.93. The lowest BCUT2D eigenvalue weighted by Gasteiger charge is -1.95. The van der Waals surface area contributed by atoms with Crippen molar-refractivity contribution in [3.63, 3.8) is 0 Å². The van der Waals surface area contributed by atoms with E-state index in [-0.39, 0.29) is 0 Å². The maximum Gasteiger partial charge on any atom is 0.0981 e. The summed E-state index contributed by atoms with van der Waals surface area (Å²) >= 11 is 0. The molecule has 0 atom stereocenters. The molecule has 0 bridgehead atoms. The van der Waals surface area contributed by atoms with Crippen molar-refractivity contribution in [3.8, 4) is 0 Å². The highest BCUT2D eigenvalue weighted by molar-refractivity contribution is 5.85. The summed E-state index contributed by atoms with van der Waals surface area (Å²) in [6.45, 7) is 0. The van der Waals surface area contributed by atoms with E-state index in [0.717, 1.165) is 22.3 Å². The van der Waals surface area contributed by atoms with Gasteiger partial charge >= 0.3 is 0 Å². The van der Waals surface area contributed by atoms with Crippen molar-refractivity contribution in [2.45, 2.75) is 0 Å². The third kappa shape index (κ3) is 1.04. The van der Waals surface area contributed by atoms with Crippen LogP contribution >= 0.6 is 0 Å². The molecule has 0 spiro atoms. The van der Waals surface area contributed by atoms with Gasteiger partial charge in [0.1, 0.15) is 0 Å². The molecule has 0 radical (unpaired) electrons. The molecule has 2 heteroatoms. The Morgan fingerprint density at radius 1 is 0.500 bits per heavy atom. The van der Waals surface area contributed by atoms with E-state index >= 15 is 0 Å². The summed E-state index contributed by atoms with van der Waals surface area (Å²) in [5, 5.41) is 0. The summed E-state index contributed by atoms with van der Waals surface area (Å²) in [6, 6.07) is 0. The van der Waals surface area contributed by atoms with Crippen LogP contribution in [0, 0.1) is 0 Å². The van der Waals surface area contributed by atoms with Gasteiger partial charge in [-0.1, -0.05) is 24.3 Å². The molecule has 68 valence electrons. The first-order valence-electron chi connectivity index (χ1n) is 4.42. The minimum atomic E-state index is 1.09. The van der Waals surface area contributed by atoms with Gasteiger partial charge in [0, 0.05) is 22.3 Å². The molecule has 14 heavy (non-hydrogen) atoms. The smallest absolute Gasteiger partial charge is 0.0981 e. The highest BCUT2D eigenvalue weighted by atomic mass is 16.3. The lowest BCUT2D eigenvalue weighted by Crippen LogP contribution is -1.77. The van der Waals surface area contributed by atoms with Crippen molar-refractivity contribution in [2.75, 3.05) is 0 Å². The van der Waals surface area contributed by atoms with Gasteiger partial charge in [-0.15, -0.1) is 0 Å². The van der Waals surface area contributed by atoms with Crippen molar-refractivity contribution in [1.82, 2.24) is 0 Å². The minimum absolute atomic E-state index is 1.09. The van der Waals surface area contributed by atoms with Gasteiger partial charge in [-0.25, -0.2) is 0 Å². The Bertz CT molecular complexity index is 423. The molecule has 2 aromatic rings. The monoisotopic (exact) mass is 184 g/mol. The first kappa shape index (κ1) is 7.44. The van der Waals surface area contributed by atoms with E-state index in [1.54, 1.807) is 25.1 Å². The third-order valence-electron chi connectivity index (χ3n) is 2.33. The normalized spacial score (nSPS) is 17.7. The topological polar surface area (TPSA) is 26.3 Å². The van der Waals surface area contributed by atoms with E-state index in [9.17, 15) is 0 Å². The van der Waals surface area contributed by atoms with Gasteiger partial charge < -0.3 is 8.83 Å². The van der Waals surface area contributed by atoms with Crippen LogP contribution in [0.5, 0.6) is 0 Å². The van der Waals surface area contributed by atoms with Gasteiger partial charge in [0.25, 0.3) is 0 Å². The quantitative estimate of drug-likeness (QED) is 0.534. The highest BCUT2D eigenvalue weighted by Crippen LogP contribution is 2.23. The Morgan fingerprint density at radius 2 is 0.786 bits per heavy atom. The number of fused-ring (bicyclic) bond motifs is 2. The fraction of sp³-hybridized carbons (Fsp3) is 0. The van der Waals surface area contributed by atoms with Gasteiger partial charge in [0.05, 0.1) is 25.1 Å². The van der Waals surface area contributed by atoms with Crippen LogP contribution in [0.4, 0.5) is 0 Å². The molecule has 0 amide bonds. The zero-order chi connectivity index (χ0) is 9.38. The standard InChI is InChI=1S/C12H8O2/c1-2-10-6-14-8-12(10)4-3-11-7-13-5-9(1)11/h1-8H/b2-1-,4-3-. The molecule has 2 nitrogen and oxygen atoms in total. The van der Waals surface area contributed by atoms with Crippen LogP contribution in [0.2, 0.25) is 0 Å². The van der Waals surface area contributed by atoms with Crippen molar-refractivity contribution < 1.29 is 8.83 Å². The van der Waals surface area contributed by atoms with Crippen LogP contribution in [-0.4, -0.2) is 0 Å². The van der Waals surface area contributed by atoms with Crippen molar-refractivity contribution in [1.29, 1.82) is 0 Å². The van der Waals surface area contributed by atoms with Gasteiger partial charge in [-0.3, -0.25) is 0 Å². The average molecular weight is 184 g/mol. The minimum Gasteiger partial charge on any atom is -0.471 e. The molecule has 1 aliphatic carbocycles.